The van der Waals surface area contributed by atoms with Crippen LogP contribution in [0.2, 0.25) is 5.02 Å². The number of nitrogens with zero attached hydrogens (tertiary/aromatic N) is 1. The molecule has 29 heavy (non-hydrogen) atoms. The Morgan fingerprint density at radius 3 is 2.52 bits per heavy atom. The first-order chi connectivity index (χ1) is 13.9. The Labute approximate surface area is 183 Å². The van der Waals surface area contributed by atoms with Crippen LogP contribution < -0.4 is 10.6 Å². The summed E-state index contributed by atoms with van der Waals surface area (Å²) in [6.45, 7) is 5.69. The van der Waals surface area contributed by atoms with Gasteiger partial charge in [0.05, 0.1) is 10.7 Å². The van der Waals surface area contributed by atoms with E-state index in [0.29, 0.717) is 16.6 Å². The van der Waals surface area contributed by atoms with Crippen LogP contribution in [0.25, 0.3) is 0 Å². The van der Waals surface area contributed by atoms with E-state index >= 15 is 0 Å². The first-order valence-corrected chi connectivity index (χ1v) is 10.9. The maximum atomic E-state index is 12.3. The zero-order valence-corrected chi connectivity index (χ0v) is 18.6. The van der Waals surface area contributed by atoms with Crippen LogP contribution >= 0.6 is 23.8 Å². The molecule has 0 bridgehead atoms. The van der Waals surface area contributed by atoms with Crippen molar-refractivity contribution in [3.63, 3.8) is 0 Å². The molecule has 3 rings (SSSR count). The summed E-state index contributed by atoms with van der Waals surface area (Å²) in [6.07, 6.45) is 3.07. The van der Waals surface area contributed by atoms with Crippen molar-refractivity contribution in [2.75, 3.05) is 18.4 Å². The molecule has 1 amide bonds. The van der Waals surface area contributed by atoms with Crippen LogP contribution in [-0.2, 0) is 11.2 Å². The molecule has 1 saturated heterocycles. The maximum absolute atomic E-state index is 12.3. The Balaban J connectivity index is 1.44. The van der Waals surface area contributed by atoms with Crippen LogP contribution in [0.4, 0.5) is 5.69 Å². The van der Waals surface area contributed by atoms with Crippen molar-refractivity contribution in [1.29, 1.82) is 0 Å². The van der Waals surface area contributed by atoms with Gasteiger partial charge in [-0.05, 0) is 68.1 Å². The first-order valence-electron chi connectivity index (χ1n) is 10.1. The van der Waals surface area contributed by atoms with Gasteiger partial charge in [0.1, 0.15) is 0 Å². The van der Waals surface area contributed by atoms with Crippen LogP contribution in [0, 0.1) is 13.8 Å². The van der Waals surface area contributed by atoms with E-state index in [1.54, 1.807) is 0 Å². The highest BCUT2D eigenvalue weighted by atomic mass is 35.5. The number of aryl methyl sites for hydroxylation is 3. The van der Waals surface area contributed by atoms with Crippen molar-refractivity contribution in [3.8, 4) is 0 Å². The van der Waals surface area contributed by atoms with Gasteiger partial charge in [0, 0.05) is 25.6 Å². The van der Waals surface area contributed by atoms with Crippen LogP contribution in [0.5, 0.6) is 0 Å². The van der Waals surface area contributed by atoms with E-state index in [1.165, 1.54) is 5.56 Å². The number of hydrogen-bond donors (Lipinski definition) is 2. The van der Waals surface area contributed by atoms with Crippen molar-refractivity contribution in [3.05, 3.63) is 64.2 Å². The highest BCUT2D eigenvalue weighted by molar-refractivity contribution is 7.80. The van der Waals surface area contributed by atoms with Gasteiger partial charge in [-0.25, -0.2) is 0 Å². The summed E-state index contributed by atoms with van der Waals surface area (Å²) in [7, 11) is 0. The van der Waals surface area contributed by atoms with Gasteiger partial charge in [-0.15, -0.1) is 0 Å². The van der Waals surface area contributed by atoms with Gasteiger partial charge in [-0.1, -0.05) is 48.0 Å². The number of nitrogens with one attached hydrogen (secondary N) is 2. The molecule has 1 aliphatic rings. The van der Waals surface area contributed by atoms with Gasteiger partial charge >= 0.3 is 0 Å². The Hall–Kier alpha value is -2.11. The normalized spacial score (nSPS) is 14.5. The Morgan fingerprint density at radius 2 is 1.86 bits per heavy atom. The number of rotatable bonds is 5. The van der Waals surface area contributed by atoms with Crippen molar-refractivity contribution in [1.82, 2.24) is 10.2 Å². The van der Waals surface area contributed by atoms with Gasteiger partial charge in [0.2, 0.25) is 5.91 Å². The topological polar surface area (TPSA) is 44.4 Å². The quantitative estimate of drug-likeness (QED) is 0.665. The summed E-state index contributed by atoms with van der Waals surface area (Å²) in [6, 6.07) is 14.4. The number of benzene rings is 2. The van der Waals surface area contributed by atoms with Gasteiger partial charge in [-0.3, -0.25) is 4.79 Å². The predicted molar refractivity (Wildman–Crippen MR) is 125 cm³/mol. The van der Waals surface area contributed by atoms with Crippen molar-refractivity contribution in [2.45, 2.75) is 45.6 Å². The molecule has 4 nitrogen and oxygen atoms in total. The summed E-state index contributed by atoms with van der Waals surface area (Å²) in [5.41, 5.74) is 4.28. The summed E-state index contributed by atoms with van der Waals surface area (Å²) in [5, 5.41) is 7.85. The van der Waals surface area contributed by atoms with Gasteiger partial charge < -0.3 is 15.5 Å². The molecule has 0 saturated carbocycles. The highest BCUT2D eigenvalue weighted by Crippen LogP contribution is 2.28. The lowest BCUT2D eigenvalue weighted by molar-refractivity contribution is -0.122. The number of carbonyl (C=O) groups is 1. The van der Waals surface area contributed by atoms with Crippen molar-refractivity contribution in [2.24, 2.45) is 0 Å². The van der Waals surface area contributed by atoms with Crippen LogP contribution in [0.1, 0.15) is 36.0 Å². The zero-order chi connectivity index (χ0) is 20.8. The second-order valence-electron chi connectivity index (χ2n) is 7.68. The molecule has 0 aromatic heterocycles. The van der Waals surface area contributed by atoms with Crippen LogP contribution in [0.15, 0.2) is 42.5 Å². The minimum absolute atomic E-state index is 0.120. The number of halogens is 1. The average Bonchev–Trinajstić information content (AvgIpc) is 2.70. The summed E-state index contributed by atoms with van der Waals surface area (Å²) in [5.74, 6) is 0.120. The molecule has 2 aromatic carbocycles. The molecule has 154 valence electrons. The lowest BCUT2D eigenvalue weighted by atomic mass is 10.0. The fourth-order valence-corrected chi connectivity index (χ4v) is 4.34. The smallest absolute Gasteiger partial charge is 0.220 e. The van der Waals surface area contributed by atoms with E-state index in [4.69, 9.17) is 23.8 Å². The van der Waals surface area contributed by atoms with Crippen molar-refractivity contribution >= 4 is 40.5 Å². The number of anilines is 1. The molecule has 2 N–H and O–H groups in total. The lowest BCUT2D eigenvalue weighted by Crippen LogP contribution is -2.47. The van der Waals surface area contributed by atoms with E-state index in [-0.39, 0.29) is 11.9 Å². The molecule has 0 radical (unpaired) electrons. The van der Waals surface area contributed by atoms with Gasteiger partial charge in [0.15, 0.2) is 5.11 Å². The van der Waals surface area contributed by atoms with Gasteiger partial charge in [-0.2, -0.15) is 0 Å². The molecule has 2 aromatic rings. The van der Waals surface area contributed by atoms with E-state index in [0.717, 1.165) is 49.2 Å². The standard InChI is InChI=1S/C23H28ClN3OS/c1-16-14-17(2)22(20(24)15-16)26-23(29)27-12-10-19(11-13-27)25-21(28)9-8-18-6-4-3-5-7-18/h3-7,14-15,19H,8-13H2,1-2H3,(H,25,28)(H,26,29). The molecule has 1 heterocycles. The second kappa shape index (κ2) is 10.1. The summed E-state index contributed by atoms with van der Waals surface area (Å²) in [4.78, 5) is 14.4. The third-order valence-electron chi connectivity index (χ3n) is 5.29. The number of hydrogen-bond acceptors (Lipinski definition) is 2. The largest absolute Gasteiger partial charge is 0.353 e. The highest BCUT2D eigenvalue weighted by Gasteiger charge is 2.22. The first kappa shape index (κ1) is 21.6. The monoisotopic (exact) mass is 429 g/mol. The molecule has 0 atom stereocenters. The summed E-state index contributed by atoms with van der Waals surface area (Å²) < 4.78 is 0. The fourth-order valence-electron chi connectivity index (χ4n) is 3.69. The molecule has 1 fully saturated rings. The number of amides is 1. The van der Waals surface area contributed by atoms with E-state index in [2.05, 4.69) is 33.7 Å². The Morgan fingerprint density at radius 1 is 1.17 bits per heavy atom. The minimum atomic E-state index is 0.120. The van der Waals surface area contributed by atoms with Crippen LogP contribution in [0.3, 0.4) is 0 Å². The Kier molecular flexibility index (Phi) is 7.51. The Bertz CT molecular complexity index is 841. The number of thiocarbonyl (C=S) groups is 1. The molecule has 1 aliphatic heterocycles. The lowest BCUT2D eigenvalue weighted by Gasteiger charge is -2.34. The molecule has 0 aliphatic carbocycles. The number of likely N-dealkylation sites (tertiary alicyclic amines) is 1. The average molecular weight is 430 g/mol. The third kappa shape index (κ3) is 6.18. The van der Waals surface area contributed by atoms with Crippen molar-refractivity contribution < 1.29 is 4.79 Å². The molecule has 0 spiro atoms. The minimum Gasteiger partial charge on any atom is -0.353 e. The predicted octanol–water partition coefficient (Wildman–Crippen LogP) is 4.87. The molecule has 0 unspecified atom stereocenters. The van der Waals surface area contributed by atoms with E-state index < -0.39 is 0 Å². The fraction of sp³-hybridized carbons (Fsp3) is 0.391. The molecular weight excluding hydrogens is 402 g/mol. The van der Waals surface area contributed by atoms with E-state index in [1.807, 2.05) is 38.1 Å². The second-order valence-corrected chi connectivity index (χ2v) is 8.48. The molecular formula is C23H28ClN3OS. The SMILES string of the molecule is Cc1cc(C)c(NC(=S)N2CCC(NC(=O)CCc3ccccc3)CC2)c(Cl)c1. The number of carbonyl (C=O) groups excluding carboxylic acids is 1. The molecule has 6 heteroatoms. The number of piperidine rings is 1. The maximum Gasteiger partial charge on any atom is 0.220 e. The van der Waals surface area contributed by atoms with Crippen LogP contribution in [-0.4, -0.2) is 35.1 Å². The third-order valence-corrected chi connectivity index (χ3v) is 5.95. The summed E-state index contributed by atoms with van der Waals surface area (Å²) >= 11 is 12.0. The zero-order valence-electron chi connectivity index (χ0n) is 17.0. The van der Waals surface area contributed by atoms with E-state index in [9.17, 15) is 4.79 Å². The van der Waals surface area contributed by atoms with Gasteiger partial charge in [0.25, 0.3) is 0 Å².